The van der Waals surface area contributed by atoms with Gasteiger partial charge in [0.25, 0.3) is 0 Å². The molecule has 110 valence electrons. The van der Waals surface area contributed by atoms with Gasteiger partial charge in [0.15, 0.2) is 11.5 Å². The third-order valence-corrected chi connectivity index (χ3v) is 2.99. The first kappa shape index (κ1) is 13.9. The lowest BCUT2D eigenvalue weighted by molar-refractivity contribution is -0.128. The van der Waals surface area contributed by atoms with Crippen LogP contribution in [0.3, 0.4) is 0 Å². The summed E-state index contributed by atoms with van der Waals surface area (Å²) in [4.78, 5) is 11.6. The van der Waals surface area contributed by atoms with Crippen molar-refractivity contribution in [3.63, 3.8) is 0 Å². The number of esters is 1. The maximum atomic E-state index is 11.6. The summed E-state index contributed by atoms with van der Waals surface area (Å²) in [5.74, 6) is 1.59. The van der Waals surface area contributed by atoms with Crippen LogP contribution in [0.2, 0.25) is 0 Å². The second-order valence-electron chi connectivity index (χ2n) is 4.57. The van der Waals surface area contributed by atoms with Gasteiger partial charge in [0.2, 0.25) is 6.79 Å². The molecule has 0 bridgehead atoms. The van der Waals surface area contributed by atoms with Gasteiger partial charge < -0.3 is 14.2 Å². The fraction of sp³-hybridized carbons (Fsp3) is 0.0556. The van der Waals surface area contributed by atoms with E-state index < -0.39 is 5.97 Å². The highest BCUT2D eigenvalue weighted by Gasteiger charge is 2.11. The van der Waals surface area contributed by atoms with E-state index in [-0.39, 0.29) is 6.79 Å². The molecule has 4 nitrogen and oxygen atoms in total. The van der Waals surface area contributed by atoms with Crippen molar-refractivity contribution in [2.45, 2.75) is 0 Å². The molecule has 2 aromatic carbocycles. The predicted molar refractivity (Wildman–Crippen MR) is 82.8 cm³/mol. The average molecular weight is 294 g/mol. The van der Waals surface area contributed by atoms with E-state index in [1.165, 1.54) is 6.08 Å². The maximum Gasteiger partial charge on any atom is 0.336 e. The predicted octanol–water partition coefficient (Wildman–Crippen LogP) is 3.59. The summed E-state index contributed by atoms with van der Waals surface area (Å²) < 4.78 is 15.7. The van der Waals surface area contributed by atoms with Crippen molar-refractivity contribution in [1.82, 2.24) is 0 Å². The minimum Gasteiger partial charge on any atom is -0.454 e. The number of allylic oxidation sites excluding steroid dienone is 2. The number of para-hydroxylation sites is 1. The van der Waals surface area contributed by atoms with Gasteiger partial charge in [-0.3, -0.25) is 0 Å². The molecular weight excluding hydrogens is 280 g/mol. The SMILES string of the molecule is O=C(/C=C/C=C/c1ccc2c(c1)OCO2)Oc1ccccc1. The van der Waals surface area contributed by atoms with Crippen LogP contribution in [-0.2, 0) is 4.79 Å². The summed E-state index contributed by atoms with van der Waals surface area (Å²) in [5, 5.41) is 0. The molecule has 1 aliphatic rings. The van der Waals surface area contributed by atoms with E-state index in [0.717, 1.165) is 17.1 Å². The zero-order chi connectivity index (χ0) is 15.2. The largest absolute Gasteiger partial charge is 0.454 e. The van der Waals surface area contributed by atoms with Gasteiger partial charge in [-0.2, -0.15) is 0 Å². The molecule has 1 heterocycles. The molecule has 3 rings (SSSR count). The lowest BCUT2D eigenvalue weighted by atomic mass is 10.2. The molecule has 0 amide bonds. The van der Waals surface area contributed by atoms with Crippen LogP contribution < -0.4 is 14.2 Å². The highest BCUT2D eigenvalue weighted by Crippen LogP contribution is 2.32. The normalized spacial score (nSPS) is 12.9. The molecule has 0 saturated carbocycles. The van der Waals surface area contributed by atoms with Crippen LogP contribution in [0.4, 0.5) is 0 Å². The second kappa shape index (κ2) is 6.63. The van der Waals surface area contributed by atoms with E-state index in [2.05, 4.69) is 0 Å². The zero-order valence-corrected chi connectivity index (χ0v) is 11.8. The molecule has 2 aromatic rings. The first-order valence-electron chi connectivity index (χ1n) is 6.82. The summed E-state index contributed by atoms with van der Waals surface area (Å²) in [5.41, 5.74) is 0.963. The molecular formula is C18H14O4. The van der Waals surface area contributed by atoms with E-state index >= 15 is 0 Å². The van der Waals surface area contributed by atoms with Gasteiger partial charge >= 0.3 is 5.97 Å². The Balaban J connectivity index is 1.56. The molecule has 0 atom stereocenters. The number of benzene rings is 2. The second-order valence-corrected chi connectivity index (χ2v) is 4.57. The van der Waals surface area contributed by atoms with Gasteiger partial charge in [0, 0.05) is 6.08 Å². The third kappa shape index (κ3) is 3.55. The Morgan fingerprint density at radius 3 is 2.68 bits per heavy atom. The van der Waals surface area contributed by atoms with Crippen LogP contribution in [-0.4, -0.2) is 12.8 Å². The summed E-state index contributed by atoms with van der Waals surface area (Å²) in [6.07, 6.45) is 6.64. The monoisotopic (exact) mass is 294 g/mol. The van der Waals surface area contributed by atoms with Crippen molar-refractivity contribution >= 4 is 12.0 Å². The smallest absolute Gasteiger partial charge is 0.336 e. The Hall–Kier alpha value is -3.01. The van der Waals surface area contributed by atoms with Gasteiger partial charge in [-0.25, -0.2) is 4.79 Å². The highest BCUT2D eigenvalue weighted by atomic mass is 16.7. The Morgan fingerprint density at radius 2 is 1.82 bits per heavy atom. The number of hydrogen-bond donors (Lipinski definition) is 0. The Kier molecular flexibility index (Phi) is 4.20. The number of rotatable bonds is 4. The van der Waals surface area contributed by atoms with Gasteiger partial charge in [-0.05, 0) is 29.8 Å². The first-order valence-corrected chi connectivity index (χ1v) is 6.82. The minimum absolute atomic E-state index is 0.258. The van der Waals surface area contributed by atoms with Crippen molar-refractivity contribution in [1.29, 1.82) is 0 Å². The summed E-state index contributed by atoms with van der Waals surface area (Å²) >= 11 is 0. The summed E-state index contributed by atoms with van der Waals surface area (Å²) in [7, 11) is 0. The van der Waals surface area contributed by atoms with Crippen LogP contribution in [0.5, 0.6) is 17.2 Å². The molecule has 0 aromatic heterocycles. The van der Waals surface area contributed by atoms with Gasteiger partial charge in [0.05, 0.1) is 0 Å². The van der Waals surface area contributed by atoms with E-state index in [1.807, 2.05) is 42.5 Å². The molecule has 0 unspecified atom stereocenters. The number of hydrogen-bond acceptors (Lipinski definition) is 4. The topological polar surface area (TPSA) is 44.8 Å². The van der Waals surface area contributed by atoms with Crippen LogP contribution >= 0.6 is 0 Å². The molecule has 0 saturated heterocycles. The minimum atomic E-state index is -0.415. The third-order valence-electron chi connectivity index (χ3n) is 2.99. The molecule has 0 spiro atoms. The van der Waals surface area contributed by atoms with E-state index in [1.54, 1.807) is 24.3 Å². The summed E-state index contributed by atoms with van der Waals surface area (Å²) in [6.45, 7) is 0.258. The Morgan fingerprint density at radius 1 is 1.00 bits per heavy atom. The van der Waals surface area contributed by atoms with Gasteiger partial charge in [-0.15, -0.1) is 0 Å². The maximum absolute atomic E-state index is 11.6. The lowest BCUT2D eigenvalue weighted by Gasteiger charge is -1.99. The molecule has 0 aliphatic carbocycles. The van der Waals surface area contributed by atoms with Crippen LogP contribution in [0.1, 0.15) is 5.56 Å². The molecule has 0 N–H and O–H groups in total. The molecule has 0 radical (unpaired) electrons. The highest BCUT2D eigenvalue weighted by molar-refractivity contribution is 5.84. The van der Waals surface area contributed by atoms with Crippen molar-refractivity contribution in [2.24, 2.45) is 0 Å². The summed E-state index contributed by atoms with van der Waals surface area (Å²) in [6, 6.07) is 14.6. The number of carbonyl (C=O) groups is 1. The lowest BCUT2D eigenvalue weighted by Crippen LogP contribution is -2.02. The number of fused-ring (bicyclic) bond motifs is 1. The van der Waals surface area contributed by atoms with E-state index in [9.17, 15) is 4.79 Å². The van der Waals surface area contributed by atoms with Crippen LogP contribution in [0.25, 0.3) is 6.08 Å². The van der Waals surface area contributed by atoms with Gasteiger partial charge in [0.1, 0.15) is 5.75 Å². The van der Waals surface area contributed by atoms with Crippen molar-refractivity contribution in [3.8, 4) is 17.2 Å². The van der Waals surface area contributed by atoms with E-state index in [0.29, 0.717) is 5.75 Å². The van der Waals surface area contributed by atoms with Crippen LogP contribution in [0, 0.1) is 0 Å². The fourth-order valence-electron chi connectivity index (χ4n) is 1.96. The van der Waals surface area contributed by atoms with Crippen molar-refractivity contribution in [2.75, 3.05) is 6.79 Å². The number of ether oxygens (including phenoxy) is 3. The zero-order valence-electron chi connectivity index (χ0n) is 11.8. The molecule has 22 heavy (non-hydrogen) atoms. The van der Waals surface area contributed by atoms with Crippen molar-refractivity contribution in [3.05, 3.63) is 72.3 Å². The molecule has 1 aliphatic heterocycles. The van der Waals surface area contributed by atoms with E-state index in [4.69, 9.17) is 14.2 Å². The fourth-order valence-corrected chi connectivity index (χ4v) is 1.96. The standard InChI is InChI=1S/C18H14O4/c19-18(22-15-7-2-1-3-8-15)9-5-4-6-14-10-11-16-17(12-14)21-13-20-16/h1-12H,13H2/b6-4+,9-5+. The quantitative estimate of drug-likeness (QED) is 0.374. The van der Waals surface area contributed by atoms with Gasteiger partial charge in [-0.1, -0.05) is 42.5 Å². The van der Waals surface area contributed by atoms with Crippen molar-refractivity contribution < 1.29 is 19.0 Å². The molecule has 0 fully saturated rings. The first-order chi connectivity index (χ1) is 10.8. The average Bonchev–Trinajstić information content (AvgIpc) is 3.00. The number of carbonyl (C=O) groups excluding carboxylic acids is 1. The Bertz CT molecular complexity index is 717. The Labute approximate surface area is 128 Å². The van der Waals surface area contributed by atoms with Crippen LogP contribution in [0.15, 0.2) is 66.8 Å². The molecule has 4 heteroatoms.